The molecule has 4 aromatic rings. The fourth-order valence-corrected chi connectivity index (χ4v) is 4.77. The van der Waals surface area contributed by atoms with Gasteiger partial charge >= 0.3 is 16.1 Å². The van der Waals surface area contributed by atoms with Crippen LogP contribution < -0.4 is 14.2 Å². The lowest BCUT2D eigenvalue weighted by molar-refractivity contribution is -0.140. The van der Waals surface area contributed by atoms with Gasteiger partial charge < -0.3 is 19.0 Å². The molecule has 0 aliphatic heterocycles. The third-order valence-electron chi connectivity index (χ3n) is 5.03. The lowest BCUT2D eigenvalue weighted by atomic mass is 10.1. The van der Waals surface area contributed by atoms with E-state index in [1.54, 1.807) is 53.9 Å². The Morgan fingerprint density at radius 1 is 1.11 bits per heavy atom. The van der Waals surface area contributed by atoms with Crippen LogP contribution >= 0.6 is 27.5 Å². The van der Waals surface area contributed by atoms with E-state index in [-0.39, 0.29) is 29.5 Å². The zero-order valence-electron chi connectivity index (χ0n) is 19.2. The van der Waals surface area contributed by atoms with E-state index in [4.69, 9.17) is 25.3 Å². The van der Waals surface area contributed by atoms with Crippen molar-refractivity contribution in [2.24, 2.45) is 0 Å². The number of benzene rings is 2. The molecule has 188 valence electrons. The molecule has 0 saturated carbocycles. The van der Waals surface area contributed by atoms with Gasteiger partial charge in [0.15, 0.2) is 11.5 Å². The second kappa shape index (κ2) is 10.8. The van der Waals surface area contributed by atoms with Gasteiger partial charge in [-0.15, -0.1) is 0 Å². The summed E-state index contributed by atoms with van der Waals surface area (Å²) in [5, 5.41) is 3.54. The maximum absolute atomic E-state index is 12.8. The van der Waals surface area contributed by atoms with Crippen molar-refractivity contribution >= 4 is 55.1 Å². The van der Waals surface area contributed by atoms with Crippen LogP contribution in [0.2, 0.25) is 5.02 Å². The molecule has 4 rings (SSSR count). The minimum absolute atomic E-state index is 0.000453. The minimum atomic E-state index is -4.10. The molecule has 0 bridgehead atoms. The van der Waals surface area contributed by atoms with Crippen LogP contribution in [0.4, 0.5) is 5.82 Å². The first-order valence-electron chi connectivity index (χ1n) is 10.7. The monoisotopic (exact) mass is 593 g/mol. The number of rotatable bonds is 9. The average Bonchev–Trinajstić information content (AvgIpc) is 3.20. The summed E-state index contributed by atoms with van der Waals surface area (Å²) < 4.78 is 43.8. The SMILES string of the molecule is CCOC(=O)CNc1c(-c2ccc(OS(=O)(=O)c3ccc(Br)cc3)c(OC)c2)nc2ccc(Cl)cn12. The van der Waals surface area contributed by atoms with Crippen LogP contribution in [0.15, 0.2) is 70.2 Å². The molecule has 0 saturated heterocycles. The van der Waals surface area contributed by atoms with Crippen molar-refractivity contribution in [1.82, 2.24) is 9.38 Å². The summed E-state index contributed by atoms with van der Waals surface area (Å²) in [5.74, 6) is 0.260. The van der Waals surface area contributed by atoms with Gasteiger partial charge in [-0.2, -0.15) is 8.42 Å². The highest BCUT2D eigenvalue weighted by Gasteiger charge is 2.22. The number of imidazole rings is 1. The third-order valence-corrected chi connectivity index (χ3v) is 7.03. The van der Waals surface area contributed by atoms with Crippen LogP contribution in [0, 0.1) is 0 Å². The minimum Gasteiger partial charge on any atom is -0.493 e. The molecule has 36 heavy (non-hydrogen) atoms. The number of aromatic nitrogens is 2. The van der Waals surface area contributed by atoms with E-state index in [0.717, 1.165) is 4.47 Å². The number of hydrogen-bond acceptors (Lipinski definition) is 8. The van der Waals surface area contributed by atoms with Gasteiger partial charge in [-0.05, 0) is 61.5 Å². The van der Waals surface area contributed by atoms with Crippen LogP contribution in [0.25, 0.3) is 16.9 Å². The highest BCUT2D eigenvalue weighted by molar-refractivity contribution is 9.10. The largest absolute Gasteiger partial charge is 0.493 e. The normalized spacial score (nSPS) is 11.3. The smallest absolute Gasteiger partial charge is 0.339 e. The summed E-state index contributed by atoms with van der Waals surface area (Å²) in [7, 11) is -2.69. The van der Waals surface area contributed by atoms with Gasteiger partial charge in [0.2, 0.25) is 0 Å². The maximum Gasteiger partial charge on any atom is 0.339 e. The quantitative estimate of drug-likeness (QED) is 0.209. The van der Waals surface area contributed by atoms with E-state index in [9.17, 15) is 13.2 Å². The number of carbonyl (C=O) groups excluding carboxylic acids is 1. The van der Waals surface area contributed by atoms with Crippen molar-refractivity contribution in [1.29, 1.82) is 0 Å². The molecule has 0 fully saturated rings. The summed E-state index contributed by atoms with van der Waals surface area (Å²) in [6.07, 6.45) is 1.67. The van der Waals surface area contributed by atoms with Crippen molar-refractivity contribution in [2.45, 2.75) is 11.8 Å². The second-order valence-electron chi connectivity index (χ2n) is 7.40. The summed E-state index contributed by atoms with van der Waals surface area (Å²) >= 11 is 9.46. The van der Waals surface area contributed by atoms with Crippen molar-refractivity contribution in [3.63, 3.8) is 0 Å². The highest BCUT2D eigenvalue weighted by Crippen LogP contribution is 2.37. The number of fused-ring (bicyclic) bond motifs is 1. The van der Waals surface area contributed by atoms with Crippen LogP contribution in [0.1, 0.15) is 6.92 Å². The Morgan fingerprint density at radius 2 is 1.86 bits per heavy atom. The lowest BCUT2D eigenvalue weighted by Crippen LogP contribution is -2.17. The van der Waals surface area contributed by atoms with E-state index >= 15 is 0 Å². The summed E-state index contributed by atoms with van der Waals surface area (Å²) in [5.41, 5.74) is 1.66. The van der Waals surface area contributed by atoms with Gasteiger partial charge in [-0.3, -0.25) is 9.20 Å². The van der Waals surface area contributed by atoms with Gasteiger partial charge in [0.25, 0.3) is 0 Å². The number of ether oxygens (including phenoxy) is 2. The average molecular weight is 595 g/mol. The fourth-order valence-electron chi connectivity index (χ4n) is 3.41. The van der Waals surface area contributed by atoms with Gasteiger partial charge in [0, 0.05) is 16.2 Å². The number of carbonyl (C=O) groups is 1. The van der Waals surface area contributed by atoms with E-state index in [0.29, 0.717) is 27.7 Å². The zero-order chi connectivity index (χ0) is 25.9. The molecule has 9 nitrogen and oxygen atoms in total. The fraction of sp³-hybridized carbons (Fsp3) is 0.167. The van der Waals surface area contributed by atoms with E-state index < -0.39 is 16.1 Å². The van der Waals surface area contributed by atoms with Crippen LogP contribution in [0.5, 0.6) is 11.5 Å². The number of esters is 1. The Kier molecular flexibility index (Phi) is 7.72. The van der Waals surface area contributed by atoms with Crippen molar-refractivity contribution < 1.29 is 26.9 Å². The molecule has 2 aromatic heterocycles. The maximum atomic E-state index is 12.8. The molecule has 2 heterocycles. The van der Waals surface area contributed by atoms with Crippen molar-refractivity contribution in [2.75, 3.05) is 25.6 Å². The zero-order valence-corrected chi connectivity index (χ0v) is 22.4. The molecular weight excluding hydrogens is 574 g/mol. The number of nitrogens with zero attached hydrogens (tertiary/aromatic N) is 2. The summed E-state index contributed by atoms with van der Waals surface area (Å²) in [6, 6.07) is 14.3. The third kappa shape index (κ3) is 5.58. The molecule has 0 aliphatic carbocycles. The molecule has 2 aromatic carbocycles. The number of methoxy groups -OCH3 is 1. The lowest BCUT2D eigenvalue weighted by Gasteiger charge is -2.13. The molecule has 0 radical (unpaired) electrons. The molecule has 0 atom stereocenters. The van der Waals surface area contributed by atoms with Crippen LogP contribution in [-0.4, -0.2) is 44.0 Å². The van der Waals surface area contributed by atoms with Crippen LogP contribution in [-0.2, 0) is 19.6 Å². The Hall–Kier alpha value is -3.28. The number of hydrogen-bond donors (Lipinski definition) is 1. The van der Waals surface area contributed by atoms with E-state index in [2.05, 4.69) is 26.2 Å². The second-order valence-corrected chi connectivity index (χ2v) is 10.3. The van der Waals surface area contributed by atoms with Gasteiger partial charge in [0.1, 0.15) is 28.6 Å². The predicted molar refractivity (Wildman–Crippen MR) is 139 cm³/mol. The Morgan fingerprint density at radius 3 is 2.56 bits per heavy atom. The van der Waals surface area contributed by atoms with Gasteiger partial charge in [-0.1, -0.05) is 27.5 Å². The molecule has 0 amide bonds. The Balaban J connectivity index is 1.72. The summed E-state index contributed by atoms with van der Waals surface area (Å²) in [4.78, 5) is 16.6. The number of nitrogens with one attached hydrogen (secondary N) is 1. The first kappa shape index (κ1) is 25.8. The molecule has 0 aliphatic rings. The van der Waals surface area contributed by atoms with Gasteiger partial charge in [0.05, 0.1) is 18.7 Å². The highest BCUT2D eigenvalue weighted by atomic mass is 79.9. The molecule has 1 N–H and O–H groups in total. The van der Waals surface area contributed by atoms with Crippen molar-refractivity contribution in [3.05, 3.63) is 70.3 Å². The first-order valence-corrected chi connectivity index (χ1v) is 13.3. The van der Waals surface area contributed by atoms with Gasteiger partial charge in [-0.25, -0.2) is 4.98 Å². The predicted octanol–water partition coefficient (Wildman–Crippen LogP) is 5.17. The Bertz CT molecular complexity index is 1520. The van der Waals surface area contributed by atoms with E-state index in [1.807, 2.05) is 0 Å². The topological polar surface area (TPSA) is 108 Å². The van der Waals surface area contributed by atoms with Crippen LogP contribution in [0.3, 0.4) is 0 Å². The number of pyridine rings is 1. The first-order chi connectivity index (χ1) is 17.2. The Labute approximate surface area is 221 Å². The van der Waals surface area contributed by atoms with Crippen molar-refractivity contribution in [3.8, 4) is 22.8 Å². The number of anilines is 1. The molecular formula is C24H21BrClN3O6S. The molecule has 0 unspecified atom stereocenters. The standard InChI is InChI=1S/C24H21BrClN3O6S/c1-3-34-22(30)13-27-24-23(28-21-11-7-17(26)14-29(21)24)15-4-10-19(20(12-15)33-2)35-36(31,32)18-8-5-16(25)6-9-18/h4-12,14,27H,3,13H2,1-2H3. The molecule has 0 spiro atoms. The molecule has 12 heteroatoms. The number of halogens is 2. The van der Waals surface area contributed by atoms with E-state index in [1.165, 1.54) is 25.3 Å². The summed E-state index contributed by atoms with van der Waals surface area (Å²) in [6.45, 7) is 1.89.